The third-order valence-corrected chi connectivity index (χ3v) is 6.68. The zero-order chi connectivity index (χ0) is 24.5. The predicted molar refractivity (Wildman–Crippen MR) is 138 cm³/mol. The highest BCUT2D eigenvalue weighted by Crippen LogP contribution is 2.44. The van der Waals surface area contributed by atoms with Crippen LogP contribution in [0.15, 0.2) is 36.4 Å². The van der Waals surface area contributed by atoms with Crippen LogP contribution in [0.5, 0.6) is 5.75 Å². The molecular weight excluding hydrogens is 451 g/mol. The fourth-order valence-corrected chi connectivity index (χ4v) is 4.54. The van der Waals surface area contributed by atoms with Gasteiger partial charge in [0.15, 0.2) is 5.75 Å². The van der Waals surface area contributed by atoms with E-state index in [1.165, 1.54) is 57.8 Å². The molecule has 0 spiro atoms. The molecule has 1 N–H and O–H groups in total. The maximum Gasteiger partial charge on any atom is 0.508 e. The zero-order valence-corrected chi connectivity index (χ0v) is 21.9. The quantitative estimate of drug-likeness (QED) is 0.0866. The Morgan fingerprint density at radius 3 is 2.12 bits per heavy atom. The van der Waals surface area contributed by atoms with Crippen molar-refractivity contribution in [2.45, 2.75) is 90.9 Å². The molecule has 6 nitrogen and oxygen atoms in total. The zero-order valence-electron chi connectivity index (χ0n) is 21.0. The first-order valence-corrected chi connectivity index (χ1v) is 14.5. The average molecular weight is 495 g/mol. The van der Waals surface area contributed by atoms with Gasteiger partial charge in [-0.15, -0.1) is 0 Å². The molecule has 192 valence electrons. The van der Waals surface area contributed by atoms with E-state index in [0.29, 0.717) is 12.4 Å². The van der Waals surface area contributed by atoms with E-state index in [4.69, 9.17) is 18.8 Å². The Hall–Kier alpha value is -1.43. The average Bonchev–Trinajstić information content (AvgIpc) is 2.84. The van der Waals surface area contributed by atoms with Crippen molar-refractivity contribution in [2.75, 3.05) is 19.8 Å². The first kappa shape index (κ1) is 28.8. The van der Waals surface area contributed by atoms with Gasteiger partial charge in [0.2, 0.25) is 0 Å². The summed E-state index contributed by atoms with van der Waals surface area (Å²) in [6.45, 7) is 4.77. The van der Waals surface area contributed by atoms with Gasteiger partial charge in [0.05, 0.1) is 13.2 Å². The largest absolute Gasteiger partial charge is 0.508 e. The van der Waals surface area contributed by atoms with Gasteiger partial charge in [0.25, 0.3) is 0 Å². The standard InChI is InChI=1S/C27H43O6P/c1-3-5-6-7-8-9-10-11-12-13-14-18-25-21-20-24-17-15-16-19-26(24)27(25)32-33-34(28,29)31-23-22-30-4-2/h15-17,19-21H,3-14,18,22-23H2,1-2H3,(H,28,29). The van der Waals surface area contributed by atoms with Crippen molar-refractivity contribution in [3.63, 3.8) is 0 Å². The summed E-state index contributed by atoms with van der Waals surface area (Å²) >= 11 is 0. The summed E-state index contributed by atoms with van der Waals surface area (Å²) in [5, 5.41) is 1.83. The Labute approximate surface area is 205 Å². The first-order chi connectivity index (χ1) is 16.6. The molecule has 0 aliphatic heterocycles. The number of phosphoric ester groups is 1. The second-order valence-corrected chi connectivity index (χ2v) is 10.1. The van der Waals surface area contributed by atoms with E-state index in [-0.39, 0.29) is 13.2 Å². The second-order valence-electron chi connectivity index (χ2n) is 8.72. The van der Waals surface area contributed by atoms with Gasteiger partial charge in [-0.3, -0.25) is 4.52 Å². The highest BCUT2D eigenvalue weighted by Gasteiger charge is 2.25. The molecule has 0 aliphatic rings. The summed E-state index contributed by atoms with van der Waals surface area (Å²) < 4.78 is 27.1. The number of ether oxygens (including phenoxy) is 1. The molecule has 0 saturated carbocycles. The summed E-state index contributed by atoms with van der Waals surface area (Å²) in [5.74, 6) is 0.480. The molecular formula is C27H43O6P. The van der Waals surface area contributed by atoms with Crippen LogP contribution in [-0.4, -0.2) is 24.7 Å². The van der Waals surface area contributed by atoms with E-state index < -0.39 is 7.82 Å². The molecule has 7 heteroatoms. The van der Waals surface area contributed by atoms with Gasteiger partial charge in [-0.25, -0.2) is 4.57 Å². The third-order valence-electron chi connectivity index (χ3n) is 5.91. The van der Waals surface area contributed by atoms with E-state index in [1.807, 2.05) is 43.3 Å². The summed E-state index contributed by atoms with van der Waals surface area (Å²) in [6.07, 6.45) is 15.0. The lowest BCUT2D eigenvalue weighted by atomic mass is 10.00. The van der Waals surface area contributed by atoms with Gasteiger partial charge in [-0.1, -0.05) is 112 Å². The first-order valence-electron chi connectivity index (χ1n) is 13.0. The molecule has 0 saturated heterocycles. The summed E-state index contributed by atoms with van der Waals surface area (Å²) in [6, 6.07) is 11.8. The Morgan fingerprint density at radius 2 is 1.44 bits per heavy atom. The van der Waals surface area contributed by atoms with E-state index in [9.17, 15) is 9.46 Å². The van der Waals surface area contributed by atoms with Crippen molar-refractivity contribution < 1.29 is 28.3 Å². The fraction of sp³-hybridized carbons (Fsp3) is 0.630. The van der Waals surface area contributed by atoms with Crippen molar-refractivity contribution in [3.8, 4) is 5.75 Å². The third kappa shape index (κ3) is 11.3. The molecule has 0 aliphatic carbocycles. The minimum absolute atomic E-state index is 0.0495. The smallest absolute Gasteiger partial charge is 0.379 e. The molecule has 0 radical (unpaired) electrons. The van der Waals surface area contributed by atoms with Crippen LogP contribution < -0.4 is 4.89 Å². The number of rotatable bonds is 20. The maximum atomic E-state index is 12.2. The monoisotopic (exact) mass is 494 g/mol. The van der Waals surface area contributed by atoms with E-state index in [1.54, 1.807) is 0 Å². The minimum atomic E-state index is -4.35. The van der Waals surface area contributed by atoms with Gasteiger partial charge in [-0.2, -0.15) is 0 Å². The van der Waals surface area contributed by atoms with Crippen LogP contribution in [0.1, 0.15) is 90.0 Å². The SMILES string of the molecule is CCCCCCCCCCCCCc1ccc2ccccc2c1OOP(=O)(O)OCCOCC. The van der Waals surface area contributed by atoms with Crippen molar-refractivity contribution in [2.24, 2.45) is 0 Å². The lowest BCUT2D eigenvalue weighted by Crippen LogP contribution is -2.06. The van der Waals surface area contributed by atoms with Crippen molar-refractivity contribution in [1.29, 1.82) is 0 Å². The Bertz CT molecular complexity index is 856. The summed E-state index contributed by atoms with van der Waals surface area (Å²) in [4.78, 5) is 15.4. The fourth-order valence-electron chi connectivity index (χ4n) is 4.02. The highest BCUT2D eigenvalue weighted by molar-refractivity contribution is 7.47. The lowest BCUT2D eigenvalue weighted by Gasteiger charge is -2.15. The number of fused-ring (bicyclic) bond motifs is 1. The number of hydrogen-bond donors (Lipinski definition) is 1. The van der Waals surface area contributed by atoms with Gasteiger partial charge in [0, 0.05) is 12.0 Å². The van der Waals surface area contributed by atoms with Gasteiger partial charge in [-0.05, 0) is 30.7 Å². The van der Waals surface area contributed by atoms with E-state index >= 15 is 0 Å². The van der Waals surface area contributed by atoms with Crippen LogP contribution in [0.3, 0.4) is 0 Å². The molecule has 1 atom stereocenters. The lowest BCUT2D eigenvalue weighted by molar-refractivity contribution is -0.128. The van der Waals surface area contributed by atoms with Crippen molar-refractivity contribution in [3.05, 3.63) is 42.0 Å². The molecule has 34 heavy (non-hydrogen) atoms. The van der Waals surface area contributed by atoms with Crippen molar-refractivity contribution in [1.82, 2.24) is 0 Å². The molecule has 0 bridgehead atoms. The normalized spacial score (nSPS) is 13.3. The van der Waals surface area contributed by atoms with Crippen molar-refractivity contribution >= 4 is 18.6 Å². The maximum absolute atomic E-state index is 12.2. The molecule has 0 fully saturated rings. The van der Waals surface area contributed by atoms with Gasteiger partial charge < -0.3 is 14.5 Å². The highest BCUT2D eigenvalue weighted by atomic mass is 31.2. The number of aryl methyl sites for hydroxylation is 1. The molecule has 0 aromatic heterocycles. The van der Waals surface area contributed by atoms with Crippen LogP contribution in [0.4, 0.5) is 0 Å². The molecule has 2 aromatic rings. The Morgan fingerprint density at radius 1 is 0.794 bits per heavy atom. The molecule has 0 heterocycles. The predicted octanol–water partition coefficient (Wildman–Crippen LogP) is 8.16. The van der Waals surface area contributed by atoms with E-state index in [0.717, 1.165) is 35.6 Å². The number of phosphoric acid groups is 1. The Kier molecular flexibility index (Phi) is 14.5. The summed E-state index contributed by atoms with van der Waals surface area (Å²) in [7, 11) is -4.35. The molecule has 0 amide bonds. The molecule has 2 aromatic carbocycles. The van der Waals surface area contributed by atoms with Crippen LogP contribution >= 0.6 is 7.82 Å². The van der Waals surface area contributed by atoms with Gasteiger partial charge >= 0.3 is 7.82 Å². The van der Waals surface area contributed by atoms with Crippen LogP contribution in [0, 0.1) is 0 Å². The topological polar surface area (TPSA) is 74.2 Å². The Balaban J connectivity index is 1.82. The van der Waals surface area contributed by atoms with Crippen LogP contribution in [0.25, 0.3) is 10.8 Å². The van der Waals surface area contributed by atoms with E-state index in [2.05, 4.69) is 6.92 Å². The number of benzene rings is 2. The number of unbranched alkanes of at least 4 members (excludes halogenated alkanes) is 10. The molecule has 2 rings (SSSR count). The number of hydrogen-bond acceptors (Lipinski definition) is 5. The van der Waals surface area contributed by atoms with Crippen LogP contribution in [0.2, 0.25) is 0 Å². The van der Waals surface area contributed by atoms with Crippen LogP contribution in [-0.2, 0) is 24.9 Å². The van der Waals surface area contributed by atoms with Gasteiger partial charge in [0.1, 0.15) is 0 Å². The molecule has 1 unspecified atom stereocenters. The second kappa shape index (κ2) is 17.1. The minimum Gasteiger partial charge on any atom is -0.379 e. The summed E-state index contributed by atoms with van der Waals surface area (Å²) in [5.41, 5.74) is 0.962.